The molecule has 4 rings (SSSR count). The number of hydrogen-bond acceptors (Lipinski definition) is 5. The van der Waals surface area contributed by atoms with Crippen molar-refractivity contribution >= 4 is 17.5 Å². The SMILES string of the molecule is COc1cccc(N2C[C@H](C(=O)N3CCC(CCN4CCOCC4)CC3)CC2=O)c1. The van der Waals surface area contributed by atoms with E-state index in [9.17, 15) is 9.59 Å². The quantitative estimate of drug-likeness (QED) is 0.711. The molecule has 0 saturated carbocycles. The number of carbonyl (C=O) groups is 2. The maximum Gasteiger partial charge on any atom is 0.228 e. The molecule has 1 aromatic rings. The average molecular weight is 416 g/mol. The first-order chi connectivity index (χ1) is 14.6. The fourth-order valence-corrected chi connectivity index (χ4v) is 4.79. The van der Waals surface area contributed by atoms with E-state index in [1.165, 1.54) is 6.42 Å². The van der Waals surface area contributed by atoms with Crippen LogP contribution in [0.5, 0.6) is 5.75 Å². The molecule has 0 aliphatic carbocycles. The van der Waals surface area contributed by atoms with E-state index in [0.717, 1.165) is 64.5 Å². The Labute approximate surface area is 178 Å². The number of carbonyl (C=O) groups excluding carboxylic acids is 2. The number of piperidine rings is 1. The Morgan fingerprint density at radius 2 is 1.93 bits per heavy atom. The summed E-state index contributed by atoms with van der Waals surface area (Å²) < 4.78 is 10.7. The summed E-state index contributed by atoms with van der Waals surface area (Å²) in [4.78, 5) is 31.8. The van der Waals surface area contributed by atoms with Crippen LogP contribution in [0, 0.1) is 11.8 Å². The van der Waals surface area contributed by atoms with Gasteiger partial charge in [0.2, 0.25) is 11.8 Å². The maximum atomic E-state index is 13.1. The molecule has 0 radical (unpaired) electrons. The third-order valence-corrected chi connectivity index (χ3v) is 6.72. The summed E-state index contributed by atoms with van der Waals surface area (Å²) in [6.07, 6.45) is 3.63. The summed E-state index contributed by atoms with van der Waals surface area (Å²) in [7, 11) is 1.61. The van der Waals surface area contributed by atoms with Gasteiger partial charge in [0.25, 0.3) is 0 Å². The summed E-state index contributed by atoms with van der Waals surface area (Å²) in [6, 6.07) is 7.48. The van der Waals surface area contributed by atoms with Gasteiger partial charge in [0.05, 0.1) is 26.2 Å². The van der Waals surface area contributed by atoms with Crippen molar-refractivity contribution in [1.82, 2.24) is 9.80 Å². The standard InChI is InChI=1S/C23H33N3O4/c1-29-21-4-2-3-20(16-21)26-17-19(15-22(26)27)23(28)25-9-6-18(7-10-25)5-8-24-11-13-30-14-12-24/h2-4,16,18-19H,5-15,17H2,1H3/t19-/m1/s1. The second kappa shape index (κ2) is 9.79. The van der Waals surface area contributed by atoms with Crippen LogP contribution in [0.25, 0.3) is 0 Å². The minimum absolute atomic E-state index is 0.0157. The molecule has 0 aromatic heterocycles. The first-order valence-electron chi connectivity index (χ1n) is 11.2. The summed E-state index contributed by atoms with van der Waals surface area (Å²) in [6.45, 7) is 7.00. The lowest BCUT2D eigenvalue weighted by Crippen LogP contribution is -2.43. The van der Waals surface area contributed by atoms with Crippen molar-refractivity contribution in [3.05, 3.63) is 24.3 Å². The number of hydrogen-bond donors (Lipinski definition) is 0. The molecule has 0 spiro atoms. The van der Waals surface area contributed by atoms with Crippen LogP contribution >= 0.6 is 0 Å². The lowest BCUT2D eigenvalue weighted by molar-refractivity contribution is -0.137. The summed E-state index contributed by atoms with van der Waals surface area (Å²) >= 11 is 0. The predicted molar refractivity (Wildman–Crippen MR) is 115 cm³/mol. The number of morpholine rings is 1. The molecule has 3 heterocycles. The number of rotatable bonds is 6. The molecule has 7 nitrogen and oxygen atoms in total. The van der Waals surface area contributed by atoms with Crippen LogP contribution in [0.1, 0.15) is 25.7 Å². The topological polar surface area (TPSA) is 62.3 Å². The van der Waals surface area contributed by atoms with Gasteiger partial charge in [0.1, 0.15) is 5.75 Å². The Balaban J connectivity index is 1.25. The first kappa shape index (κ1) is 21.1. The predicted octanol–water partition coefficient (Wildman–Crippen LogP) is 2.01. The monoisotopic (exact) mass is 415 g/mol. The van der Waals surface area contributed by atoms with Gasteiger partial charge < -0.3 is 19.3 Å². The Hall–Kier alpha value is -2.12. The van der Waals surface area contributed by atoms with Gasteiger partial charge in [-0.25, -0.2) is 0 Å². The lowest BCUT2D eigenvalue weighted by atomic mass is 9.92. The van der Waals surface area contributed by atoms with Crippen molar-refractivity contribution in [1.29, 1.82) is 0 Å². The van der Waals surface area contributed by atoms with Crippen molar-refractivity contribution in [2.75, 3.05) is 64.5 Å². The van der Waals surface area contributed by atoms with E-state index in [2.05, 4.69) is 4.90 Å². The van der Waals surface area contributed by atoms with Gasteiger partial charge in [-0.05, 0) is 43.9 Å². The highest BCUT2D eigenvalue weighted by atomic mass is 16.5. The highest BCUT2D eigenvalue weighted by Gasteiger charge is 2.38. The molecule has 1 atom stereocenters. The number of likely N-dealkylation sites (tertiary alicyclic amines) is 1. The van der Waals surface area contributed by atoms with Gasteiger partial charge >= 0.3 is 0 Å². The van der Waals surface area contributed by atoms with Gasteiger partial charge in [0.15, 0.2) is 0 Å². The third-order valence-electron chi connectivity index (χ3n) is 6.72. The van der Waals surface area contributed by atoms with Crippen LogP contribution in [0.4, 0.5) is 5.69 Å². The van der Waals surface area contributed by atoms with Gasteiger partial charge in [0, 0.05) is 50.9 Å². The van der Waals surface area contributed by atoms with E-state index in [-0.39, 0.29) is 17.7 Å². The minimum atomic E-state index is -0.242. The van der Waals surface area contributed by atoms with E-state index < -0.39 is 0 Å². The summed E-state index contributed by atoms with van der Waals surface area (Å²) in [5, 5.41) is 0. The van der Waals surface area contributed by atoms with Crippen LogP contribution in [0.2, 0.25) is 0 Å². The summed E-state index contributed by atoms with van der Waals surface area (Å²) in [5.74, 6) is 1.32. The Kier molecular flexibility index (Phi) is 6.89. The number of methoxy groups -OCH3 is 1. The van der Waals surface area contributed by atoms with Crippen LogP contribution in [0.3, 0.4) is 0 Å². The molecule has 7 heteroatoms. The van der Waals surface area contributed by atoms with Crippen LogP contribution < -0.4 is 9.64 Å². The van der Waals surface area contributed by atoms with Crippen LogP contribution in [-0.4, -0.2) is 81.2 Å². The zero-order valence-electron chi connectivity index (χ0n) is 17.9. The Morgan fingerprint density at radius 3 is 2.67 bits per heavy atom. The van der Waals surface area contributed by atoms with Gasteiger partial charge in [-0.2, -0.15) is 0 Å². The number of benzene rings is 1. The van der Waals surface area contributed by atoms with E-state index in [4.69, 9.17) is 9.47 Å². The number of anilines is 1. The minimum Gasteiger partial charge on any atom is -0.497 e. The average Bonchev–Trinajstić information content (AvgIpc) is 3.20. The third kappa shape index (κ3) is 4.95. The number of amides is 2. The molecular weight excluding hydrogens is 382 g/mol. The molecule has 2 amide bonds. The van der Waals surface area contributed by atoms with Crippen molar-refractivity contribution in [3.8, 4) is 5.75 Å². The second-order valence-corrected chi connectivity index (χ2v) is 8.62. The van der Waals surface area contributed by atoms with E-state index in [1.54, 1.807) is 12.0 Å². The molecule has 3 saturated heterocycles. The molecule has 3 aliphatic heterocycles. The molecule has 0 N–H and O–H groups in total. The fourth-order valence-electron chi connectivity index (χ4n) is 4.79. The van der Waals surface area contributed by atoms with Crippen molar-refractivity contribution in [2.45, 2.75) is 25.7 Å². The molecule has 0 unspecified atom stereocenters. The fraction of sp³-hybridized carbons (Fsp3) is 0.652. The molecule has 164 valence electrons. The molecule has 0 bridgehead atoms. The summed E-state index contributed by atoms with van der Waals surface area (Å²) in [5.41, 5.74) is 0.802. The number of ether oxygens (including phenoxy) is 2. The van der Waals surface area contributed by atoms with Crippen LogP contribution in [-0.2, 0) is 14.3 Å². The smallest absolute Gasteiger partial charge is 0.228 e. The largest absolute Gasteiger partial charge is 0.497 e. The second-order valence-electron chi connectivity index (χ2n) is 8.62. The van der Waals surface area contributed by atoms with Gasteiger partial charge in [-0.3, -0.25) is 14.5 Å². The van der Waals surface area contributed by atoms with Crippen LogP contribution in [0.15, 0.2) is 24.3 Å². The number of nitrogens with zero attached hydrogens (tertiary/aromatic N) is 3. The zero-order valence-corrected chi connectivity index (χ0v) is 17.9. The molecule has 3 aliphatic rings. The highest BCUT2D eigenvalue weighted by Crippen LogP contribution is 2.30. The van der Waals surface area contributed by atoms with E-state index >= 15 is 0 Å². The van der Waals surface area contributed by atoms with E-state index in [1.807, 2.05) is 29.2 Å². The van der Waals surface area contributed by atoms with Crippen molar-refractivity contribution in [2.24, 2.45) is 11.8 Å². The lowest BCUT2D eigenvalue weighted by Gasteiger charge is -2.35. The molecular formula is C23H33N3O4. The zero-order chi connectivity index (χ0) is 20.9. The Bertz CT molecular complexity index is 742. The molecule has 3 fully saturated rings. The Morgan fingerprint density at radius 1 is 1.17 bits per heavy atom. The molecule has 30 heavy (non-hydrogen) atoms. The van der Waals surface area contributed by atoms with Gasteiger partial charge in [-0.1, -0.05) is 6.07 Å². The van der Waals surface area contributed by atoms with E-state index in [0.29, 0.717) is 24.6 Å². The first-order valence-corrected chi connectivity index (χ1v) is 11.2. The highest BCUT2D eigenvalue weighted by molar-refractivity contribution is 6.00. The maximum absolute atomic E-state index is 13.1. The molecule has 1 aromatic carbocycles. The van der Waals surface area contributed by atoms with Gasteiger partial charge in [-0.15, -0.1) is 0 Å². The van der Waals surface area contributed by atoms with Crippen molar-refractivity contribution in [3.63, 3.8) is 0 Å². The normalized spacial score (nSPS) is 23.8. The van der Waals surface area contributed by atoms with Crippen molar-refractivity contribution < 1.29 is 19.1 Å².